The van der Waals surface area contributed by atoms with Gasteiger partial charge < -0.3 is 10.1 Å². The second kappa shape index (κ2) is 6.89. The van der Waals surface area contributed by atoms with Crippen molar-refractivity contribution in [3.8, 4) is 5.75 Å². The van der Waals surface area contributed by atoms with E-state index in [1.807, 2.05) is 24.3 Å². The number of para-hydroxylation sites is 1. The number of pyridine rings is 1. The van der Waals surface area contributed by atoms with E-state index in [-0.39, 0.29) is 5.91 Å². The molecule has 20 heavy (non-hydrogen) atoms. The maximum atomic E-state index is 12.0. The van der Waals surface area contributed by atoms with E-state index in [0.717, 1.165) is 35.9 Å². The third-order valence-electron chi connectivity index (χ3n) is 3.22. The molecule has 4 nitrogen and oxygen atoms in total. The van der Waals surface area contributed by atoms with Gasteiger partial charge in [-0.05, 0) is 18.6 Å². The van der Waals surface area contributed by atoms with E-state index in [2.05, 4.69) is 17.2 Å². The minimum absolute atomic E-state index is 0.0710. The SMILES string of the molecule is CCCCCNC(=O)c1cnc2c(OC)cccc2c1. The molecule has 0 radical (unpaired) electrons. The second-order valence-corrected chi connectivity index (χ2v) is 4.72. The Morgan fingerprint density at radius 3 is 2.95 bits per heavy atom. The van der Waals surface area contributed by atoms with Gasteiger partial charge in [0.2, 0.25) is 0 Å². The number of amides is 1. The van der Waals surface area contributed by atoms with Gasteiger partial charge in [-0.25, -0.2) is 0 Å². The van der Waals surface area contributed by atoms with E-state index >= 15 is 0 Å². The van der Waals surface area contributed by atoms with E-state index in [1.165, 1.54) is 0 Å². The van der Waals surface area contributed by atoms with Crippen molar-refractivity contribution in [2.24, 2.45) is 0 Å². The average molecular weight is 272 g/mol. The van der Waals surface area contributed by atoms with E-state index in [4.69, 9.17) is 4.74 Å². The summed E-state index contributed by atoms with van der Waals surface area (Å²) in [5.74, 6) is 0.649. The van der Waals surface area contributed by atoms with E-state index in [1.54, 1.807) is 13.3 Å². The van der Waals surface area contributed by atoms with Crippen molar-refractivity contribution >= 4 is 16.8 Å². The Labute approximate surface area is 119 Å². The summed E-state index contributed by atoms with van der Waals surface area (Å²) in [4.78, 5) is 16.4. The summed E-state index contributed by atoms with van der Waals surface area (Å²) in [5.41, 5.74) is 1.36. The number of carbonyl (C=O) groups is 1. The zero-order chi connectivity index (χ0) is 14.4. The van der Waals surface area contributed by atoms with Crippen molar-refractivity contribution in [3.05, 3.63) is 36.0 Å². The van der Waals surface area contributed by atoms with Crippen molar-refractivity contribution < 1.29 is 9.53 Å². The lowest BCUT2D eigenvalue weighted by Crippen LogP contribution is -2.24. The molecule has 0 aliphatic heterocycles. The van der Waals surface area contributed by atoms with Crippen LogP contribution in [-0.2, 0) is 0 Å². The number of nitrogens with zero attached hydrogens (tertiary/aromatic N) is 1. The van der Waals surface area contributed by atoms with Crippen molar-refractivity contribution in [1.82, 2.24) is 10.3 Å². The van der Waals surface area contributed by atoms with Crippen LogP contribution in [0.1, 0.15) is 36.5 Å². The Hall–Kier alpha value is -2.10. The van der Waals surface area contributed by atoms with Gasteiger partial charge >= 0.3 is 0 Å². The number of aromatic nitrogens is 1. The quantitative estimate of drug-likeness (QED) is 0.822. The topological polar surface area (TPSA) is 51.2 Å². The highest BCUT2D eigenvalue weighted by molar-refractivity contribution is 5.98. The number of methoxy groups -OCH3 is 1. The highest BCUT2D eigenvalue weighted by Gasteiger charge is 2.08. The molecule has 2 rings (SSSR count). The third-order valence-corrected chi connectivity index (χ3v) is 3.22. The summed E-state index contributed by atoms with van der Waals surface area (Å²) in [5, 5.41) is 3.82. The van der Waals surface area contributed by atoms with Crippen LogP contribution in [0, 0.1) is 0 Å². The first kappa shape index (κ1) is 14.3. The van der Waals surface area contributed by atoms with Crippen LogP contribution in [0.2, 0.25) is 0 Å². The van der Waals surface area contributed by atoms with Crippen LogP contribution in [0.15, 0.2) is 30.5 Å². The average Bonchev–Trinajstić information content (AvgIpc) is 2.50. The summed E-state index contributed by atoms with van der Waals surface area (Å²) in [6.45, 7) is 2.85. The first-order chi connectivity index (χ1) is 9.76. The number of fused-ring (bicyclic) bond motifs is 1. The number of hydrogen-bond donors (Lipinski definition) is 1. The molecule has 1 aromatic heterocycles. The number of nitrogens with one attached hydrogen (secondary N) is 1. The molecule has 1 aromatic carbocycles. The van der Waals surface area contributed by atoms with Gasteiger partial charge in [-0.2, -0.15) is 0 Å². The van der Waals surface area contributed by atoms with Crippen molar-refractivity contribution in [2.75, 3.05) is 13.7 Å². The zero-order valence-electron chi connectivity index (χ0n) is 12.0. The van der Waals surface area contributed by atoms with Gasteiger partial charge in [0.05, 0.1) is 12.7 Å². The molecular weight excluding hydrogens is 252 g/mol. The molecular formula is C16H20N2O2. The van der Waals surface area contributed by atoms with Gasteiger partial charge in [0.15, 0.2) is 0 Å². The second-order valence-electron chi connectivity index (χ2n) is 4.72. The monoisotopic (exact) mass is 272 g/mol. The lowest BCUT2D eigenvalue weighted by atomic mass is 10.1. The predicted molar refractivity (Wildman–Crippen MR) is 80.2 cm³/mol. The smallest absolute Gasteiger partial charge is 0.252 e. The van der Waals surface area contributed by atoms with Crippen LogP contribution >= 0.6 is 0 Å². The molecule has 0 atom stereocenters. The van der Waals surface area contributed by atoms with Crippen molar-refractivity contribution in [2.45, 2.75) is 26.2 Å². The molecule has 1 amide bonds. The van der Waals surface area contributed by atoms with Crippen LogP contribution < -0.4 is 10.1 Å². The van der Waals surface area contributed by atoms with E-state index < -0.39 is 0 Å². The summed E-state index contributed by atoms with van der Waals surface area (Å²) >= 11 is 0. The minimum atomic E-state index is -0.0710. The Bertz CT molecular complexity index is 596. The van der Waals surface area contributed by atoms with Crippen LogP contribution in [0.3, 0.4) is 0 Å². The van der Waals surface area contributed by atoms with Gasteiger partial charge in [-0.3, -0.25) is 9.78 Å². The molecule has 0 saturated heterocycles. The summed E-state index contributed by atoms with van der Waals surface area (Å²) in [6.07, 6.45) is 4.89. The molecule has 1 N–H and O–H groups in total. The lowest BCUT2D eigenvalue weighted by Gasteiger charge is -2.07. The summed E-state index contributed by atoms with van der Waals surface area (Å²) < 4.78 is 5.26. The normalized spacial score (nSPS) is 10.5. The fourth-order valence-electron chi connectivity index (χ4n) is 2.10. The van der Waals surface area contributed by atoms with E-state index in [0.29, 0.717) is 12.1 Å². The number of unbranched alkanes of at least 4 members (excludes halogenated alkanes) is 2. The molecule has 0 aliphatic carbocycles. The summed E-state index contributed by atoms with van der Waals surface area (Å²) in [7, 11) is 1.62. The first-order valence-corrected chi connectivity index (χ1v) is 6.97. The van der Waals surface area contributed by atoms with Crippen LogP contribution in [0.25, 0.3) is 10.9 Å². The van der Waals surface area contributed by atoms with Crippen LogP contribution in [0.5, 0.6) is 5.75 Å². The Morgan fingerprint density at radius 1 is 1.35 bits per heavy atom. The Morgan fingerprint density at radius 2 is 2.20 bits per heavy atom. The summed E-state index contributed by atoms with van der Waals surface area (Å²) in [6, 6.07) is 7.53. The van der Waals surface area contributed by atoms with Gasteiger partial charge in [0.25, 0.3) is 5.91 Å². The molecule has 0 fully saturated rings. The molecule has 0 unspecified atom stereocenters. The number of carbonyl (C=O) groups excluding carboxylic acids is 1. The number of benzene rings is 1. The molecule has 0 aliphatic rings. The highest BCUT2D eigenvalue weighted by Crippen LogP contribution is 2.23. The largest absolute Gasteiger partial charge is 0.494 e. The number of rotatable bonds is 6. The molecule has 2 aromatic rings. The van der Waals surface area contributed by atoms with Crippen LogP contribution in [0.4, 0.5) is 0 Å². The van der Waals surface area contributed by atoms with Gasteiger partial charge in [0, 0.05) is 18.1 Å². The van der Waals surface area contributed by atoms with E-state index in [9.17, 15) is 4.79 Å². The molecule has 1 heterocycles. The van der Waals surface area contributed by atoms with Gasteiger partial charge in [-0.15, -0.1) is 0 Å². The third kappa shape index (κ3) is 3.26. The van der Waals surface area contributed by atoms with Crippen LogP contribution in [-0.4, -0.2) is 24.5 Å². The van der Waals surface area contributed by atoms with Gasteiger partial charge in [0.1, 0.15) is 11.3 Å². The maximum Gasteiger partial charge on any atom is 0.252 e. The molecule has 106 valence electrons. The Kier molecular flexibility index (Phi) is 4.93. The fraction of sp³-hybridized carbons (Fsp3) is 0.375. The fourth-order valence-corrected chi connectivity index (χ4v) is 2.10. The standard InChI is InChI=1S/C16H20N2O2/c1-3-4-5-9-17-16(19)13-10-12-7-6-8-14(20-2)15(12)18-11-13/h6-8,10-11H,3-5,9H2,1-2H3,(H,17,19). The zero-order valence-corrected chi connectivity index (χ0v) is 12.0. The Balaban J connectivity index is 2.13. The highest BCUT2D eigenvalue weighted by atomic mass is 16.5. The number of hydrogen-bond acceptors (Lipinski definition) is 3. The molecule has 0 spiro atoms. The van der Waals surface area contributed by atoms with Crippen molar-refractivity contribution in [1.29, 1.82) is 0 Å². The molecule has 4 heteroatoms. The molecule has 0 saturated carbocycles. The maximum absolute atomic E-state index is 12.0. The van der Waals surface area contributed by atoms with Crippen molar-refractivity contribution in [3.63, 3.8) is 0 Å². The first-order valence-electron chi connectivity index (χ1n) is 6.97. The lowest BCUT2D eigenvalue weighted by molar-refractivity contribution is 0.0953. The predicted octanol–water partition coefficient (Wildman–Crippen LogP) is 3.16. The minimum Gasteiger partial charge on any atom is -0.494 e. The van der Waals surface area contributed by atoms with Gasteiger partial charge in [-0.1, -0.05) is 31.9 Å². The molecule has 0 bridgehead atoms. The number of ether oxygens (including phenoxy) is 1.